The van der Waals surface area contributed by atoms with Crippen LogP contribution in [0.1, 0.15) is 56.9 Å². The minimum absolute atomic E-state index is 0.0199. The van der Waals surface area contributed by atoms with Crippen molar-refractivity contribution in [3.8, 4) is 0 Å². The molecule has 3 nitrogen and oxygen atoms in total. The van der Waals surface area contributed by atoms with Crippen LogP contribution in [0.15, 0.2) is 30.3 Å². The van der Waals surface area contributed by atoms with E-state index in [2.05, 4.69) is 0 Å². The lowest BCUT2D eigenvalue weighted by atomic mass is 9.72. The molecule has 3 heteroatoms. The minimum atomic E-state index is -0.0199. The summed E-state index contributed by atoms with van der Waals surface area (Å²) in [4.78, 5) is 26.5. The summed E-state index contributed by atoms with van der Waals surface area (Å²) in [6.45, 7) is 0.526. The zero-order valence-corrected chi connectivity index (χ0v) is 13.2. The second-order valence-electron chi connectivity index (χ2n) is 6.94. The van der Waals surface area contributed by atoms with Gasteiger partial charge in [0.2, 0.25) is 11.8 Å². The first kappa shape index (κ1) is 15.3. The molecule has 1 aromatic rings. The van der Waals surface area contributed by atoms with Gasteiger partial charge in [-0.1, -0.05) is 56.0 Å². The lowest BCUT2D eigenvalue weighted by Gasteiger charge is -2.39. The molecule has 2 fully saturated rings. The highest BCUT2D eigenvalue weighted by molar-refractivity contribution is 5.98. The smallest absolute Gasteiger partial charge is 0.229 e. The third kappa shape index (κ3) is 3.40. The molecule has 118 valence electrons. The van der Waals surface area contributed by atoms with Gasteiger partial charge in [-0.15, -0.1) is 0 Å². The highest BCUT2D eigenvalue weighted by atomic mass is 16.2. The Labute approximate surface area is 132 Å². The van der Waals surface area contributed by atoms with E-state index in [9.17, 15) is 9.59 Å². The number of piperidine rings is 1. The largest absolute Gasteiger partial charge is 0.282 e. The number of benzene rings is 1. The highest BCUT2D eigenvalue weighted by Gasteiger charge is 2.43. The van der Waals surface area contributed by atoms with Crippen LogP contribution in [0.4, 0.5) is 0 Å². The molecule has 0 bridgehead atoms. The lowest BCUT2D eigenvalue weighted by molar-refractivity contribution is -0.154. The van der Waals surface area contributed by atoms with Gasteiger partial charge in [-0.25, -0.2) is 0 Å². The first-order chi connectivity index (χ1) is 10.7. The Kier molecular flexibility index (Phi) is 4.60. The number of carbonyl (C=O) groups is 2. The van der Waals surface area contributed by atoms with E-state index in [-0.39, 0.29) is 17.2 Å². The molecular formula is C19H25NO2. The first-order valence-corrected chi connectivity index (χ1v) is 8.56. The van der Waals surface area contributed by atoms with Crippen molar-refractivity contribution in [2.24, 2.45) is 5.41 Å². The number of imide groups is 1. The van der Waals surface area contributed by atoms with E-state index in [0.717, 1.165) is 19.3 Å². The molecule has 1 spiro atoms. The Bertz CT molecular complexity index is 510. The second kappa shape index (κ2) is 6.64. The summed E-state index contributed by atoms with van der Waals surface area (Å²) in [6, 6.07) is 10.1. The van der Waals surface area contributed by atoms with E-state index in [1.54, 1.807) is 0 Å². The van der Waals surface area contributed by atoms with Crippen molar-refractivity contribution in [1.29, 1.82) is 0 Å². The van der Waals surface area contributed by atoms with Crippen LogP contribution in [0.5, 0.6) is 0 Å². The van der Waals surface area contributed by atoms with Crippen molar-refractivity contribution in [3.63, 3.8) is 0 Å². The average Bonchev–Trinajstić information content (AvgIpc) is 2.73. The maximum absolute atomic E-state index is 12.5. The summed E-state index contributed by atoms with van der Waals surface area (Å²) in [7, 11) is 0. The Morgan fingerprint density at radius 3 is 2.05 bits per heavy atom. The minimum Gasteiger partial charge on any atom is -0.282 e. The van der Waals surface area contributed by atoms with E-state index < -0.39 is 0 Å². The molecule has 0 N–H and O–H groups in total. The van der Waals surface area contributed by atoms with Gasteiger partial charge >= 0.3 is 0 Å². The number of carbonyl (C=O) groups excluding carboxylic acids is 2. The topological polar surface area (TPSA) is 37.4 Å². The number of likely N-dealkylation sites (tertiary alicyclic amines) is 1. The first-order valence-electron chi connectivity index (χ1n) is 8.56. The zero-order chi connectivity index (χ0) is 15.4. The number of rotatable bonds is 3. The summed E-state index contributed by atoms with van der Waals surface area (Å²) in [5.41, 5.74) is 1.16. The van der Waals surface area contributed by atoms with Crippen molar-refractivity contribution in [2.45, 2.75) is 57.8 Å². The molecule has 1 heterocycles. The van der Waals surface area contributed by atoms with Gasteiger partial charge in [0.1, 0.15) is 0 Å². The van der Waals surface area contributed by atoms with Crippen molar-refractivity contribution < 1.29 is 9.59 Å². The summed E-state index contributed by atoms with van der Waals surface area (Å²) >= 11 is 0. The zero-order valence-electron chi connectivity index (χ0n) is 13.2. The molecule has 0 aromatic heterocycles. The van der Waals surface area contributed by atoms with Crippen LogP contribution in [-0.2, 0) is 16.0 Å². The fourth-order valence-electron chi connectivity index (χ4n) is 4.00. The fourth-order valence-corrected chi connectivity index (χ4v) is 4.00. The molecule has 2 aliphatic rings. The van der Waals surface area contributed by atoms with Gasteiger partial charge in [0, 0.05) is 19.4 Å². The summed E-state index contributed by atoms with van der Waals surface area (Å²) in [6.07, 6.45) is 8.86. The predicted molar refractivity (Wildman–Crippen MR) is 86.2 cm³/mol. The van der Waals surface area contributed by atoms with Gasteiger partial charge in [-0.05, 0) is 30.2 Å². The molecule has 0 unspecified atom stereocenters. The fraction of sp³-hybridized carbons (Fsp3) is 0.579. The average molecular weight is 299 g/mol. The molecule has 1 aliphatic heterocycles. The lowest BCUT2D eigenvalue weighted by Crippen LogP contribution is -2.48. The van der Waals surface area contributed by atoms with E-state index in [1.807, 2.05) is 30.3 Å². The van der Waals surface area contributed by atoms with Crippen LogP contribution >= 0.6 is 0 Å². The van der Waals surface area contributed by atoms with Crippen LogP contribution in [0.2, 0.25) is 0 Å². The number of nitrogens with zero attached hydrogens (tertiary/aromatic N) is 1. The highest BCUT2D eigenvalue weighted by Crippen LogP contribution is 2.44. The monoisotopic (exact) mass is 299 g/mol. The van der Waals surface area contributed by atoms with Crippen molar-refractivity contribution in [1.82, 2.24) is 4.90 Å². The van der Waals surface area contributed by atoms with E-state index in [0.29, 0.717) is 19.4 Å². The third-order valence-corrected chi connectivity index (χ3v) is 5.29. The SMILES string of the molecule is O=C1CC2(CCCCCC2)CC(=O)N1CCc1ccccc1. The predicted octanol–water partition coefficient (Wildman–Crippen LogP) is 3.72. The van der Waals surface area contributed by atoms with Crippen LogP contribution in [0, 0.1) is 5.41 Å². The van der Waals surface area contributed by atoms with Gasteiger partial charge in [-0.3, -0.25) is 14.5 Å². The molecular weight excluding hydrogens is 274 g/mol. The molecule has 1 saturated carbocycles. The second-order valence-corrected chi connectivity index (χ2v) is 6.94. The maximum Gasteiger partial charge on any atom is 0.229 e. The van der Waals surface area contributed by atoms with Crippen molar-refractivity contribution in [2.75, 3.05) is 6.54 Å². The van der Waals surface area contributed by atoms with E-state index in [4.69, 9.17) is 0 Å². The standard InChI is InChI=1S/C19H25NO2/c21-17-14-19(11-6-1-2-7-12-19)15-18(22)20(17)13-10-16-8-4-3-5-9-16/h3-5,8-9H,1-2,6-7,10-15H2. The molecule has 22 heavy (non-hydrogen) atoms. The molecule has 0 radical (unpaired) electrons. The summed E-state index contributed by atoms with van der Waals surface area (Å²) < 4.78 is 0. The van der Waals surface area contributed by atoms with Crippen molar-refractivity contribution >= 4 is 11.8 Å². The quantitative estimate of drug-likeness (QED) is 0.798. The van der Waals surface area contributed by atoms with Crippen LogP contribution < -0.4 is 0 Å². The Morgan fingerprint density at radius 2 is 1.45 bits per heavy atom. The Hall–Kier alpha value is -1.64. The van der Waals surface area contributed by atoms with Gasteiger partial charge in [0.15, 0.2) is 0 Å². The number of hydrogen-bond acceptors (Lipinski definition) is 2. The van der Waals surface area contributed by atoms with Gasteiger partial charge in [-0.2, -0.15) is 0 Å². The van der Waals surface area contributed by atoms with Crippen molar-refractivity contribution in [3.05, 3.63) is 35.9 Å². The van der Waals surface area contributed by atoms with Gasteiger partial charge in [0.25, 0.3) is 0 Å². The number of hydrogen-bond donors (Lipinski definition) is 0. The molecule has 1 saturated heterocycles. The van der Waals surface area contributed by atoms with Crippen LogP contribution in [-0.4, -0.2) is 23.3 Å². The Balaban J connectivity index is 1.63. The maximum atomic E-state index is 12.5. The molecule has 2 amide bonds. The third-order valence-electron chi connectivity index (χ3n) is 5.29. The number of amides is 2. The van der Waals surface area contributed by atoms with Crippen LogP contribution in [0.3, 0.4) is 0 Å². The van der Waals surface area contributed by atoms with Gasteiger partial charge in [0.05, 0.1) is 0 Å². The van der Waals surface area contributed by atoms with Crippen LogP contribution in [0.25, 0.3) is 0 Å². The van der Waals surface area contributed by atoms with E-state index >= 15 is 0 Å². The normalized spacial score (nSPS) is 21.9. The summed E-state index contributed by atoms with van der Waals surface area (Å²) in [5, 5.41) is 0. The van der Waals surface area contributed by atoms with E-state index in [1.165, 1.54) is 36.1 Å². The van der Waals surface area contributed by atoms with Gasteiger partial charge < -0.3 is 0 Å². The molecule has 0 atom stereocenters. The Morgan fingerprint density at radius 1 is 0.864 bits per heavy atom. The summed E-state index contributed by atoms with van der Waals surface area (Å²) in [5.74, 6) is 0.100. The molecule has 3 rings (SSSR count). The molecule has 1 aliphatic carbocycles. The molecule has 1 aromatic carbocycles.